The topological polar surface area (TPSA) is 55.8 Å². The van der Waals surface area contributed by atoms with E-state index in [1.807, 2.05) is 0 Å². The van der Waals surface area contributed by atoms with Gasteiger partial charge in [-0.25, -0.2) is 4.57 Å². The molecule has 0 amide bonds. The molecule has 5 heteroatoms. The van der Waals surface area contributed by atoms with Crippen molar-refractivity contribution in [2.24, 2.45) is 10.8 Å². The third-order valence-corrected chi connectivity index (χ3v) is 8.47. The van der Waals surface area contributed by atoms with Crippen LogP contribution in [0.2, 0.25) is 0 Å². The highest BCUT2D eigenvalue weighted by Crippen LogP contribution is 2.64. The van der Waals surface area contributed by atoms with Crippen LogP contribution in [0.15, 0.2) is 35.4 Å². The van der Waals surface area contributed by atoms with Gasteiger partial charge in [-0.3, -0.25) is 9.42 Å². The molecule has 1 aliphatic carbocycles. The summed E-state index contributed by atoms with van der Waals surface area (Å²) in [6, 6.07) is 4.32. The Morgan fingerprint density at radius 1 is 0.886 bits per heavy atom. The Kier molecular flexibility index (Phi) is 6.72. The normalized spacial score (nSPS) is 28.1. The van der Waals surface area contributed by atoms with Crippen molar-refractivity contribution in [3.8, 4) is 5.75 Å². The molecule has 1 N–H and O–H groups in total. The summed E-state index contributed by atoms with van der Waals surface area (Å²) in [5.41, 5.74) is 3.64. The van der Waals surface area contributed by atoms with Crippen LogP contribution >= 0.6 is 7.82 Å². The fourth-order valence-electron chi connectivity index (χ4n) is 5.31. The zero-order valence-electron chi connectivity index (χ0n) is 24.2. The summed E-state index contributed by atoms with van der Waals surface area (Å²) in [5.74, 6) is 0.298. The smallest absolute Gasteiger partial charge is 0.403 e. The first-order valence-electron chi connectivity index (χ1n) is 12.8. The molecule has 0 saturated carbocycles. The average Bonchev–Trinajstić information content (AvgIpc) is 2.70. The lowest BCUT2D eigenvalue weighted by Crippen LogP contribution is -2.44. The predicted molar refractivity (Wildman–Crippen MR) is 146 cm³/mol. The van der Waals surface area contributed by atoms with Crippen LogP contribution in [0, 0.1) is 10.8 Å². The number of allylic oxidation sites excluding steroid dienone is 2. The summed E-state index contributed by atoms with van der Waals surface area (Å²) in [4.78, 5) is 11.1. The van der Waals surface area contributed by atoms with Gasteiger partial charge in [-0.1, -0.05) is 114 Å². The molecule has 0 bridgehead atoms. The van der Waals surface area contributed by atoms with E-state index in [0.29, 0.717) is 12.2 Å². The van der Waals surface area contributed by atoms with Crippen molar-refractivity contribution in [1.82, 2.24) is 0 Å². The van der Waals surface area contributed by atoms with Crippen molar-refractivity contribution in [3.63, 3.8) is 0 Å². The lowest BCUT2D eigenvalue weighted by molar-refractivity contribution is 0.0407. The third kappa shape index (κ3) is 5.36. The summed E-state index contributed by atoms with van der Waals surface area (Å²) < 4.78 is 25.9. The Balaban J connectivity index is 2.41. The van der Waals surface area contributed by atoms with E-state index in [2.05, 4.69) is 114 Å². The van der Waals surface area contributed by atoms with Crippen LogP contribution in [-0.2, 0) is 19.9 Å². The van der Waals surface area contributed by atoms with Crippen molar-refractivity contribution in [3.05, 3.63) is 52.1 Å². The van der Waals surface area contributed by atoms with Crippen LogP contribution in [0.3, 0.4) is 0 Å². The van der Waals surface area contributed by atoms with Crippen LogP contribution in [0.4, 0.5) is 0 Å². The van der Waals surface area contributed by atoms with Crippen LogP contribution < -0.4 is 4.52 Å². The molecule has 1 aromatic rings. The van der Waals surface area contributed by atoms with Crippen molar-refractivity contribution >= 4 is 7.82 Å². The SMILES string of the molecule is CC1c2cc(C(C)(C)C)cc(C(C)(C)C)c2OP(=O)(O)OC12CC=C(C(C)(C)C)C=C2C(C)(C)C. The number of fused-ring (bicyclic) bond motifs is 1. The first-order valence-corrected chi connectivity index (χ1v) is 14.3. The van der Waals surface area contributed by atoms with E-state index < -0.39 is 13.4 Å². The second-order valence-electron chi connectivity index (χ2n) is 14.6. The number of hydrogen-bond donors (Lipinski definition) is 1. The molecule has 3 unspecified atom stereocenters. The summed E-state index contributed by atoms with van der Waals surface area (Å²) in [5, 5.41) is 0. The van der Waals surface area contributed by atoms with Gasteiger partial charge in [-0.05, 0) is 38.4 Å². The van der Waals surface area contributed by atoms with Crippen LogP contribution in [-0.4, -0.2) is 10.5 Å². The van der Waals surface area contributed by atoms with Gasteiger partial charge in [0, 0.05) is 23.5 Å². The van der Waals surface area contributed by atoms with Gasteiger partial charge in [0.1, 0.15) is 11.4 Å². The lowest BCUT2D eigenvalue weighted by atomic mass is 9.63. The average molecular weight is 503 g/mol. The Morgan fingerprint density at radius 2 is 1.46 bits per heavy atom. The van der Waals surface area contributed by atoms with Crippen molar-refractivity contribution in [2.45, 2.75) is 119 Å². The highest BCUT2D eigenvalue weighted by atomic mass is 31.2. The molecule has 0 aromatic heterocycles. The molecule has 0 radical (unpaired) electrons. The number of phosphoric ester groups is 1. The van der Waals surface area contributed by atoms with Gasteiger partial charge >= 0.3 is 7.82 Å². The molecule has 0 saturated heterocycles. The highest BCUT2D eigenvalue weighted by Gasteiger charge is 2.55. The van der Waals surface area contributed by atoms with E-state index in [1.165, 1.54) is 11.1 Å². The molecular formula is C30H47O4P. The van der Waals surface area contributed by atoms with Gasteiger partial charge in [0.2, 0.25) is 0 Å². The van der Waals surface area contributed by atoms with Crippen LogP contribution in [0.1, 0.15) is 119 Å². The van der Waals surface area contributed by atoms with E-state index in [1.54, 1.807) is 0 Å². The quantitative estimate of drug-likeness (QED) is 0.360. The monoisotopic (exact) mass is 502 g/mol. The maximum Gasteiger partial charge on any atom is 0.528 e. The first kappa shape index (κ1) is 28.2. The number of rotatable bonds is 0. The Morgan fingerprint density at radius 3 is 1.91 bits per heavy atom. The summed E-state index contributed by atoms with van der Waals surface area (Å²) in [6.45, 7) is 28.1. The molecule has 2 aliphatic rings. The molecule has 196 valence electrons. The molecule has 3 atom stereocenters. The van der Waals surface area contributed by atoms with Crippen LogP contribution in [0.25, 0.3) is 0 Å². The van der Waals surface area contributed by atoms with Crippen molar-refractivity contribution in [1.29, 1.82) is 0 Å². The van der Waals surface area contributed by atoms with E-state index in [9.17, 15) is 9.46 Å². The summed E-state index contributed by atoms with van der Waals surface area (Å²) in [7, 11) is -4.42. The summed E-state index contributed by atoms with van der Waals surface area (Å²) in [6.07, 6.45) is 4.92. The Bertz CT molecular complexity index is 1110. The van der Waals surface area contributed by atoms with Crippen molar-refractivity contribution in [2.75, 3.05) is 0 Å². The van der Waals surface area contributed by atoms with E-state index >= 15 is 0 Å². The minimum atomic E-state index is -4.42. The van der Waals surface area contributed by atoms with Gasteiger partial charge in [0.25, 0.3) is 0 Å². The zero-order valence-corrected chi connectivity index (χ0v) is 25.1. The van der Waals surface area contributed by atoms with E-state index in [0.717, 1.165) is 16.7 Å². The molecular weight excluding hydrogens is 455 g/mol. The number of hydrogen-bond acceptors (Lipinski definition) is 3. The molecule has 1 heterocycles. The molecule has 3 rings (SSSR count). The second-order valence-corrected chi connectivity index (χ2v) is 15.9. The van der Waals surface area contributed by atoms with E-state index in [-0.39, 0.29) is 27.6 Å². The molecule has 1 aromatic carbocycles. The van der Waals surface area contributed by atoms with Gasteiger partial charge in [0.05, 0.1) is 0 Å². The van der Waals surface area contributed by atoms with Gasteiger partial charge in [-0.15, -0.1) is 0 Å². The van der Waals surface area contributed by atoms with E-state index in [4.69, 9.17) is 9.05 Å². The van der Waals surface area contributed by atoms with Gasteiger partial charge < -0.3 is 4.52 Å². The maximum atomic E-state index is 13.6. The zero-order chi connectivity index (χ0) is 27.0. The molecule has 1 aliphatic heterocycles. The van der Waals surface area contributed by atoms with Gasteiger partial charge in [-0.2, -0.15) is 0 Å². The predicted octanol–water partition coefficient (Wildman–Crippen LogP) is 8.98. The minimum Gasteiger partial charge on any atom is -0.403 e. The molecule has 35 heavy (non-hydrogen) atoms. The number of phosphoric acid groups is 1. The van der Waals surface area contributed by atoms with Crippen molar-refractivity contribution < 1.29 is 18.5 Å². The third-order valence-electron chi connectivity index (χ3n) is 7.50. The second kappa shape index (κ2) is 8.33. The largest absolute Gasteiger partial charge is 0.528 e. The highest BCUT2D eigenvalue weighted by molar-refractivity contribution is 7.47. The first-order chi connectivity index (χ1) is 15.5. The number of benzene rings is 1. The molecule has 4 nitrogen and oxygen atoms in total. The Labute approximate surface area is 213 Å². The maximum absolute atomic E-state index is 13.6. The standard InChI is InChI=1S/C30H47O4P/c1-19-22-16-21(27(5,6)7)17-23(28(8,9)10)25(22)33-35(31,32)34-30(19)15-14-20(26(2,3)4)18-24(30)29(11,12)13/h14,16-19H,15H2,1-13H3,(H,31,32). The Hall–Kier alpha value is -1.35. The fourth-order valence-corrected chi connectivity index (χ4v) is 6.53. The van der Waals surface area contributed by atoms with Gasteiger partial charge in [0.15, 0.2) is 0 Å². The lowest BCUT2D eigenvalue weighted by Gasteiger charge is -2.47. The molecule has 0 fully saturated rings. The van der Waals surface area contributed by atoms with Crippen LogP contribution in [0.5, 0.6) is 5.75 Å². The summed E-state index contributed by atoms with van der Waals surface area (Å²) >= 11 is 0. The molecule has 1 spiro atoms. The minimum absolute atomic E-state index is 0.0395. The fraction of sp³-hybridized carbons (Fsp3) is 0.667.